The van der Waals surface area contributed by atoms with Crippen molar-refractivity contribution in [1.29, 1.82) is 0 Å². The number of aryl methyl sites for hydroxylation is 1. The number of anilines is 1. The zero-order valence-electron chi connectivity index (χ0n) is 13.3. The molecule has 3 rings (SSSR count). The maximum Gasteiger partial charge on any atom is 0.267 e. The lowest BCUT2D eigenvalue weighted by Gasteiger charge is -2.04. The predicted molar refractivity (Wildman–Crippen MR) is 94.3 cm³/mol. The fraction of sp³-hybridized carbons (Fsp3) is 0.214. The first kappa shape index (κ1) is 17.7. The molecule has 0 saturated carbocycles. The number of hydrogen-bond donors (Lipinski definition) is 1. The van der Waals surface area contributed by atoms with Crippen LogP contribution in [0.2, 0.25) is 10.0 Å². The Bertz CT molecular complexity index is 1030. The summed E-state index contributed by atoms with van der Waals surface area (Å²) in [6.45, 7) is 2.04. The summed E-state index contributed by atoms with van der Waals surface area (Å²) in [4.78, 5) is 4.05. The van der Waals surface area contributed by atoms with E-state index in [0.717, 1.165) is 5.56 Å². The molecule has 0 bridgehead atoms. The highest BCUT2D eigenvalue weighted by Gasteiger charge is 2.21. The van der Waals surface area contributed by atoms with Crippen LogP contribution in [0.25, 0.3) is 0 Å². The Morgan fingerprint density at radius 2 is 2.00 bits per heavy atom. The van der Waals surface area contributed by atoms with Crippen LogP contribution in [0.15, 0.2) is 35.6 Å². The third-order valence-corrected chi connectivity index (χ3v) is 5.74. The molecule has 25 heavy (non-hydrogen) atoms. The van der Waals surface area contributed by atoms with Crippen LogP contribution in [0.4, 0.5) is 5.95 Å². The van der Waals surface area contributed by atoms with Crippen LogP contribution in [-0.4, -0.2) is 33.0 Å². The van der Waals surface area contributed by atoms with Crippen LogP contribution in [0.1, 0.15) is 11.3 Å². The third-order valence-electron chi connectivity index (χ3n) is 3.57. The predicted octanol–water partition coefficient (Wildman–Crippen LogP) is 2.48. The van der Waals surface area contributed by atoms with Crippen molar-refractivity contribution in [2.75, 3.05) is 4.72 Å². The van der Waals surface area contributed by atoms with E-state index in [0.29, 0.717) is 22.3 Å². The number of halogens is 2. The fourth-order valence-electron chi connectivity index (χ4n) is 2.16. The van der Waals surface area contributed by atoms with Gasteiger partial charge < -0.3 is 0 Å². The van der Waals surface area contributed by atoms with Crippen molar-refractivity contribution in [1.82, 2.24) is 24.5 Å². The minimum Gasteiger partial charge on any atom is -0.272 e. The first-order chi connectivity index (χ1) is 11.8. The Balaban J connectivity index is 1.77. The molecule has 1 N–H and O–H groups in total. The van der Waals surface area contributed by atoms with Gasteiger partial charge in [0, 0.05) is 7.05 Å². The van der Waals surface area contributed by atoms with Crippen LogP contribution in [-0.2, 0) is 23.6 Å². The maximum atomic E-state index is 12.4. The minimum atomic E-state index is -3.81. The molecule has 1 aromatic carbocycles. The van der Waals surface area contributed by atoms with Crippen LogP contribution in [0.5, 0.6) is 0 Å². The average molecular weight is 401 g/mol. The molecule has 0 unspecified atom stereocenters. The third kappa shape index (κ3) is 3.78. The molecule has 0 radical (unpaired) electrons. The number of nitrogens with one attached hydrogen (secondary N) is 1. The summed E-state index contributed by atoms with van der Waals surface area (Å²) >= 11 is 11.9. The smallest absolute Gasteiger partial charge is 0.267 e. The molecule has 0 fully saturated rings. The van der Waals surface area contributed by atoms with E-state index in [4.69, 9.17) is 23.2 Å². The summed E-state index contributed by atoms with van der Waals surface area (Å²) < 4.78 is 30.1. The zero-order valence-corrected chi connectivity index (χ0v) is 15.6. The van der Waals surface area contributed by atoms with E-state index in [-0.39, 0.29) is 10.8 Å². The van der Waals surface area contributed by atoms with Gasteiger partial charge in [0.15, 0.2) is 0 Å². The number of benzene rings is 1. The van der Waals surface area contributed by atoms with Crippen LogP contribution >= 0.6 is 23.2 Å². The van der Waals surface area contributed by atoms with Crippen molar-refractivity contribution in [3.05, 3.63) is 52.0 Å². The second-order valence-electron chi connectivity index (χ2n) is 5.34. The molecule has 2 heterocycles. The van der Waals surface area contributed by atoms with Crippen molar-refractivity contribution in [2.45, 2.75) is 18.4 Å². The second-order valence-corrected chi connectivity index (χ2v) is 7.80. The van der Waals surface area contributed by atoms with Gasteiger partial charge in [0.05, 0.1) is 28.5 Å². The summed E-state index contributed by atoms with van der Waals surface area (Å²) in [6, 6.07) is 5.21. The summed E-state index contributed by atoms with van der Waals surface area (Å²) in [5.41, 5.74) is 1.37. The molecular formula is C14H14Cl2N6O2S. The SMILES string of the molecule is Cc1c(S(=O)(=O)Nc2ncn(Cc3ccc(Cl)c(Cl)c3)n2)cnn1C. The fourth-order valence-corrected chi connectivity index (χ4v) is 3.63. The van der Waals surface area contributed by atoms with Gasteiger partial charge >= 0.3 is 0 Å². The van der Waals surface area contributed by atoms with E-state index < -0.39 is 10.0 Å². The van der Waals surface area contributed by atoms with Crippen LogP contribution < -0.4 is 4.72 Å². The minimum absolute atomic E-state index is 0.0247. The van der Waals surface area contributed by atoms with E-state index >= 15 is 0 Å². The molecule has 0 aliphatic rings. The van der Waals surface area contributed by atoms with E-state index in [9.17, 15) is 8.42 Å². The molecule has 0 aliphatic heterocycles. The lowest BCUT2D eigenvalue weighted by molar-refractivity contribution is 0.599. The highest BCUT2D eigenvalue weighted by atomic mass is 35.5. The molecule has 2 aromatic heterocycles. The number of rotatable bonds is 5. The van der Waals surface area contributed by atoms with Crippen molar-refractivity contribution in [3.63, 3.8) is 0 Å². The Hall–Kier alpha value is -2.10. The molecule has 3 aromatic rings. The van der Waals surface area contributed by atoms with E-state index in [1.54, 1.807) is 32.2 Å². The van der Waals surface area contributed by atoms with Gasteiger partial charge in [0.1, 0.15) is 11.2 Å². The van der Waals surface area contributed by atoms with Gasteiger partial charge in [-0.05, 0) is 24.6 Å². The first-order valence-electron chi connectivity index (χ1n) is 7.11. The van der Waals surface area contributed by atoms with Crippen molar-refractivity contribution in [2.24, 2.45) is 7.05 Å². The molecule has 8 nitrogen and oxygen atoms in total. The zero-order chi connectivity index (χ0) is 18.2. The van der Waals surface area contributed by atoms with Crippen LogP contribution in [0.3, 0.4) is 0 Å². The van der Waals surface area contributed by atoms with E-state index in [1.165, 1.54) is 21.9 Å². The van der Waals surface area contributed by atoms with Crippen molar-refractivity contribution >= 4 is 39.2 Å². The molecule has 0 spiro atoms. The summed E-state index contributed by atoms with van der Waals surface area (Å²) in [5, 5.41) is 8.95. The normalized spacial score (nSPS) is 11.7. The summed E-state index contributed by atoms with van der Waals surface area (Å²) in [5.74, 6) is -0.0247. The van der Waals surface area contributed by atoms with Gasteiger partial charge in [-0.3, -0.25) is 4.68 Å². The largest absolute Gasteiger partial charge is 0.272 e. The summed E-state index contributed by atoms with van der Waals surface area (Å²) in [7, 11) is -2.14. The lowest BCUT2D eigenvalue weighted by atomic mass is 10.2. The highest BCUT2D eigenvalue weighted by Crippen LogP contribution is 2.23. The van der Waals surface area contributed by atoms with E-state index in [1.807, 2.05) is 0 Å². The second kappa shape index (κ2) is 6.66. The quantitative estimate of drug-likeness (QED) is 0.709. The Kier molecular flexibility index (Phi) is 4.72. The van der Waals surface area contributed by atoms with Gasteiger partial charge in [-0.15, -0.1) is 5.10 Å². The molecule has 11 heteroatoms. The van der Waals surface area contributed by atoms with Gasteiger partial charge in [0.2, 0.25) is 0 Å². The van der Waals surface area contributed by atoms with Gasteiger partial charge in [0.25, 0.3) is 16.0 Å². The van der Waals surface area contributed by atoms with Gasteiger partial charge in [-0.2, -0.15) is 10.1 Å². The molecule has 0 aliphatic carbocycles. The average Bonchev–Trinajstić information content (AvgIpc) is 3.10. The van der Waals surface area contributed by atoms with Crippen LogP contribution in [0, 0.1) is 6.92 Å². The molecule has 0 atom stereocenters. The monoisotopic (exact) mass is 400 g/mol. The Morgan fingerprint density at radius 1 is 1.24 bits per heavy atom. The van der Waals surface area contributed by atoms with Gasteiger partial charge in [-0.1, -0.05) is 29.3 Å². The van der Waals surface area contributed by atoms with Crippen molar-refractivity contribution < 1.29 is 8.42 Å². The van der Waals surface area contributed by atoms with Gasteiger partial charge in [-0.25, -0.2) is 17.8 Å². The Morgan fingerprint density at radius 3 is 2.64 bits per heavy atom. The van der Waals surface area contributed by atoms with E-state index in [2.05, 4.69) is 19.9 Å². The number of hydrogen-bond acceptors (Lipinski definition) is 5. The lowest BCUT2D eigenvalue weighted by Crippen LogP contribution is -2.15. The number of sulfonamides is 1. The maximum absolute atomic E-state index is 12.4. The molecule has 132 valence electrons. The Labute approximate surface area is 154 Å². The van der Waals surface area contributed by atoms with Crippen molar-refractivity contribution in [3.8, 4) is 0 Å². The first-order valence-corrected chi connectivity index (χ1v) is 9.35. The standard InChI is InChI=1S/C14H14Cl2N6O2S/c1-9-13(6-18-21(9)2)25(23,24)20-14-17-8-22(19-14)7-10-3-4-11(15)12(16)5-10/h3-6,8H,7H2,1-2H3,(H,19,20). The summed E-state index contributed by atoms with van der Waals surface area (Å²) in [6.07, 6.45) is 2.71. The molecular weight excluding hydrogens is 387 g/mol. The number of nitrogens with zero attached hydrogens (tertiary/aromatic N) is 5. The highest BCUT2D eigenvalue weighted by molar-refractivity contribution is 7.92. The molecule has 0 saturated heterocycles. The molecule has 0 amide bonds. The topological polar surface area (TPSA) is 94.7 Å². The number of aromatic nitrogens is 5.